The molecule has 1 aromatic carbocycles. The minimum Gasteiger partial charge on any atom is -0.479 e. The number of rotatable bonds is 6. The number of nitrogens with two attached hydrogens (primary N) is 1. The first-order valence-corrected chi connectivity index (χ1v) is 11.8. The molecule has 0 aliphatic carbocycles. The zero-order valence-corrected chi connectivity index (χ0v) is 21.6. The molecule has 1 fully saturated rings. The number of ether oxygens (including phenoxy) is 2. The lowest BCUT2D eigenvalue weighted by Gasteiger charge is -2.38. The molecule has 0 radical (unpaired) electrons. The highest BCUT2D eigenvalue weighted by Crippen LogP contribution is 2.32. The Bertz CT molecular complexity index is 792. The van der Waals surface area contributed by atoms with Crippen LogP contribution in [0.3, 0.4) is 0 Å². The third-order valence-corrected chi connectivity index (χ3v) is 7.71. The average Bonchev–Trinajstić information content (AvgIpc) is 2.66. The van der Waals surface area contributed by atoms with E-state index in [9.17, 15) is 24.9 Å². The Kier molecular flexibility index (Phi) is 9.17. The lowest BCUT2D eigenvalue weighted by molar-refractivity contribution is -0.287. The summed E-state index contributed by atoms with van der Waals surface area (Å²) >= 11 is 6.43. The van der Waals surface area contributed by atoms with Gasteiger partial charge in [0.05, 0.1) is 11.6 Å². The molecule has 6 N–H and O–H groups in total. The number of carbonyl (C=O) groups is 2. The van der Waals surface area contributed by atoms with Crippen LogP contribution in [-0.2, 0) is 25.5 Å². The fourth-order valence-corrected chi connectivity index (χ4v) is 6.65. The Labute approximate surface area is 207 Å². The maximum Gasteiger partial charge on any atom is 0.335 e. The van der Waals surface area contributed by atoms with Crippen LogP contribution in [0, 0.1) is 16.6 Å². The second-order valence-electron chi connectivity index (χ2n) is 6.53. The lowest BCUT2D eigenvalue weighted by atomic mass is 9.96. The number of carbonyl (C=O) groups excluding carboxylic acids is 1. The van der Waals surface area contributed by atoms with Crippen LogP contribution < -0.4 is 5.73 Å². The third-order valence-electron chi connectivity index (χ3n) is 4.62. The van der Waals surface area contributed by atoms with Gasteiger partial charge < -0.3 is 35.6 Å². The second-order valence-corrected chi connectivity index (χ2v) is 9.93. The number of esters is 1. The summed E-state index contributed by atoms with van der Waals surface area (Å²) in [6.45, 7) is 1.79. The van der Waals surface area contributed by atoms with Gasteiger partial charge in [0, 0.05) is 10.7 Å². The van der Waals surface area contributed by atoms with Gasteiger partial charge in [0.15, 0.2) is 6.10 Å². The topological polar surface area (TPSA) is 160 Å². The van der Waals surface area contributed by atoms with Gasteiger partial charge in [-0.15, -0.1) is 0 Å². The minimum absolute atomic E-state index is 0.323. The van der Waals surface area contributed by atoms with Gasteiger partial charge in [-0.25, -0.2) is 4.79 Å². The van der Waals surface area contributed by atoms with Crippen LogP contribution in [0.15, 0.2) is 6.07 Å². The largest absolute Gasteiger partial charge is 0.479 e. The lowest BCUT2D eigenvalue weighted by Crippen LogP contribution is -2.60. The van der Waals surface area contributed by atoms with Crippen LogP contribution in [0.4, 0.5) is 5.69 Å². The highest BCUT2D eigenvalue weighted by Gasteiger charge is 2.48. The van der Waals surface area contributed by atoms with Crippen LogP contribution in [-0.4, -0.2) is 63.1 Å². The molecule has 6 atom stereocenters. The Hall–Kier alpha value is -0.01000. The van der Waals surface area contributed by atoms with E-state index in [0.717, 1.165) is 16.3 Å². The molecule has 0 aromatic heterocycles. The molecular weight excluding hydrogens is 727 g/mol. The van der Waals surface area contributed by atoms with E-state index in [2.05, 4.69) is 67.8 Å². The number of carboxylic acids is 1. The van der Waals surface area contributed by atoms with Crippen molar-refractivity contribution in [2.75, 3.05) is 5.73 Å². The van der Waals surface area contributed by atoms with Gasteiger partial charge in [0.25, 0.3) is 0 Å². The molecular formula is C17H20I3NO8. The minimum atomic E-state index is -1.85. The Morgan fingerprint density at radius 1 is 1.17 bits per heavy atom. The van der Waals surface area contributed by atoms with Gasteiger partial charge in [0.1, 0.15) is 18.3 Å². The predicted octanol–water partition coefficient (Wildman–Crippen LogP) is 1.09. The number of nitrogen functional groups attached to an aromatic ring is 1. The van der Waals surface area contributed by atoms with Crippen molar-refractivity contribution in [2.24, 2.45) is 5.92 Å². The molecule has 162 valence electrons. The zero-order valence-electron chi connectivity index (χ0n) is 15.1. The maximum atomic E-state index is 12.7. The summed E-state index contributed by atoms with van der Waals surface area (Å²) < 4.78 is 12.9. The molecule has 9 nitrogen and oxygen atoms in total. The molecule has 0 bridgehead atoms. The van der Waals surface area contributed by atoms with Crippen molar-refractivity contribution in [3.63, 3.8) is 0 Å². The molecule has 1 saturated heterocycles. The number of benzene rings is 1. The van der Waals surface area contributed by atoms with E-state index in [0.29, 0.717) is 18.5 Å². The zero-order chi connectivity index (χ0) is 22.0. The summed E-state index contributed by atoms with van der Waals surface area (Å²) in [6, 6.07) is 1.91. The summed E-state index contributed by atoms with van der Waals surface area (Å²) in [7, 11) is 0. The van der Waals surface area contributed by atoms with E-state index in [1.165, 1.54) is 0 Å². The van der Waals surface area contributed by atoms with Crippen molar-refractivity contribution in [1.29, 1.82) is 0 Å². The fraction of sp³-hybridized carbons (Fsp3) is 0.529. The van der Waals surface area contributed by atoms with E-state index < -0.39 is 48.6 Å². The fourth-order valence-electron chi connectivity index (χ4n) is 2.84. The van der Waals surface area contributed by atoms with Crippen molar-refractivity contribution in [3.05, 3.63) is 22.3 Å². The van der Waals surface area contributed by atoms with E-state index in [4.69, 9.17) is 20.3 Å². The van der Waals surface area contributed by atoms with Crippen molar-refractivity contribution < 1.29 is 39.5 Å². The van der Waals surface area contributed by atoms with Gasteiger partial charge in [-0.05, 0) is 92.2 Å². The summed E-state index contributed by atoms with van der Waals surface area (Å²) in [5.74, 6) is -2.87. The smallest absolute Gasteiger partial charge is 0.335 e. The van der Waals surface area contributed by atoms with Crippen LogP contribution in [0.1, 0.15) is 18.9 Å². The Morgan fingerprint density at radius 2 is 1.79 bits per heavy atom. The van der Waals surface area contributed by atoms with E-state index in [1.54, 1.807) is 6.92 Å². The molecule has 1 aliphatic rings. The number of carboxylic acid groups (broad SMARTS) is 1. The molecule has 1 aliphatic heterocycles. The molecule has 12 heteroatoms. The Balaban J connectivity index is 2.18. The molecule has 29 heavy (non-hydrogen) atoms. The predicted molar refractivity (Wildman–Crippen MR) is 127 cm³/mol. The van der Waals surface area contributed by atoms with E-state index in [1.807, 2.05) is 6.07 Å². The summed E-state index contributed by atoms with van der Waals surface area (Å²) in [4.78, 5) is 23.9. The third kappa shape index (κ3) is 5.62. The van der Waals surface area contributed by atoms with Gasteiger partial charge in [-0.3, -0.25) is 4.79 Å². The van der Waals surface area contributed by atoms with Crippen LogP contribution in [0.2, 0.25) is 0 Å². The number of aliphatic hydroxyl groups is 3. The molecule has 1 heterocycles. The first kappa shape index (κ1) is 25.3. The summed E-state index contributed by atoms with van der Waals surface area (Å²) in [6.07, 6.45) is -8.27. The molecule has 0 spiro atoms. The normalized spacial score (nSPS) is 28.0. The standard InChI is InChI=1S/C17H20I3NO8/c1-2-5(3-6-7(18)4-8(19)10(21)9(6)20)16(27)29-17-13(24)11(22)12(23)14(28-17)15(25)26/h4-5,11-14,17,22-24H,2-3,21H2,1H3,(H,25,26)/t5?,11-,12-,13+,14-,17-/m0/s1. The van der Waals surface area contributed by atoms with Crippen molar-refractivity contribution in [2.45, 2.75) is 50.5 Å². The quantitative estimate of drug-likeness (QED) is 0.163. The molecule has 0 saturated carbocycles. The highest BCUT2D eigenvalue weighted by molar-refractivity contribution is 14.1. The summed E-state index contributed by atoms with van der Waals surface area (Å²) in [5.41, 5.74) is 7.60. The molecule has 0 amide bonds. The number of hydrogen-bond acceptors (Lipinski definition) is 8. The molecule has 2 rings (SSSR count). The first-order valence-electron chi connectivity index (χ1n) is 8.54. The first-order chi connectivity index (χ1) is 13.5. The monoisotopic (exact) mass is 747 g/mol. The number of halogens is 3. The second kappa shape index (κ2) is 10.5. The van der Waals surface area contributed by atoms with Gasteiger partial charge in [-0.2, -0.15) is 0 Å². The van der Waals surface area contributed by atoms with Crippen molar-refractivity contribution in [1.82, 2.24) is 0 Å². The van der Waals surface area contributed by atoms with Crippen molar-refractivity contribution in [3.8, 4) is 0 Å². The van der Waals surface area contributed by atoms with E-state index >= 15 is 0 Å². The highest BCUT2D eigenvalue weighted by atomic mass is 127. The van der Waals surface area contributed by atoms with Gasteiger partial charge >= 0.3 is 11.9 Å². The van der Waals surface area contributed by atoms with E-state index in [-0.39, 0.29) is 0 Å². The maximum absolute atomic E-state index is 12.7. The number of anilines is 1. The van der Waals surface area contributed by atoms with Crippen LogP contribution in [0.25, 0.3) is 0 Å². The Morgan fingerprint density at radius 3 is 2.34 bits per heavy atom. The van der Waals surface area contributed by atoms with Gasteiger partial charge in [-0.1, -0.05) is 6.92 Å². The average molecular weight is 747 g/mol. The summed E-state index contributed by atoms with van der Waals surface area (Å²) in [5, 5.41) is 38.7. The van der Waals surface area contributed by atoms with Gasteiger partial charge in [0.2, 0.25) is 6.29 Å². The number of aliphatic carboxylic acids is 1. The number of hydrogen-bond donors (Lipinski definition) is 5. The molecule has 1 unspecified atom stereocenters. The molecule has 1 aromatic rings. The van der Waals surface area contributed by atoms with Crippen LogP contribution in [0.5, 0.6) is 0 Å². The SMILES string of the molecule is CCC(Cc1c(I)cc(I)c(N)c1I)C(=O)O[C@@H]1O[C@H](C(=O)O)[C@@H](O)[C@H](O)[C@H]1O. The number of aliphatic hydroxyl groups excluding tert-OH is 3. The van der Waals surface area contributed by atoms with Crippen molar-refractivity contribution >= 4 is 85.4 Å². The van der Waals surface area contributed by atoms with Crippen LogP contribution >= 0.6 is 67.8 Å².